The molecule has 1 amide bonds. The molecule has 0 unspecified atom stereocenters. The lowest BCUT2D eigenvalue weighted by Gasteiger charge is -2.17. The summed E-state index contributed by atoms with van der Waals surface area (Å²) in [5.74, 6) is -0.0310. The number of hydrogen-bond acceptors (Lipinski definition) is 3. The van der Waals surface area contributed by atoms with Crippen molar-refractivity contribution in [3.63, 3.8) is 0 Å². The molecule has 0 radical (unpaired) electrons. The number of nitrogens with zero attached hydrogens (tertiary/aromatic N) is 2. The second-order valence-corrected chi connectivity index (χ2v) is 3.53. The molecule has 0 atom stereocenters. The van der Waals surface area contributed by atoms with Gasteiger partial charge in [-0.15, -0.1) is 6.58 Å². The van der Waals surface area contributed by atoms with Crippen LogP contribution in [0.4, 0.5) is 5.69 Å². The molecule has 4 nitrogen and oxygen atoms in total. The maximum atomic E-state index is 11.7. The van der Waals surface area contributed by atoms with Crippen molar-refractivity contribution in [2.45, 2.75) is 0 Å². The van der Waals surface area contributed by atoms with Gasteiger partial charge in [0.25, 0.3) is 0 Å². The standard InChI is InChI=1S/C13H15N3O/c1-3-8-15-10-13(17)16(2)12-6-4-11(9-14)5-7-12/h3-7,15H,1,8,10H2,2H3. The van der Waals surface area contributed by atoms with Gasteiger partial charge in [-0.25, -0.2) is 0 Å². The largest absolute Gasteiger partial charge is 0.314 e. The van der Waals surface area contributed by atoms with Gasteiger partial charge in [-0.05, 0) is 24.3 Å². The number of nitrogens with one attached hydrogen (secondary N) is 1. The Bertz CT molecular complexity index is 431. The summed E-state index contributed by atoms with van der Waals surface area (Å²) in [6.45, 7) is 4.43. The average molecular weight is 229 g/mol. The number of likely N-dealkylation sites (N-methyl/N-ethyl adjacent to an activating group) is 1. The van der Waals surface area contributed by atoms with Crippen molar-refractivity contribution in [3.8, 4) is 6.07 Å². The van der Waals surface area contributed by atoms with Gasteiger partial charge in [-0.2, -0.15) is 5.26 Å². The molecule has 0 aliphatic rings. The van der Waals surface area contributed by atoms with E-state index in [0.29, 0.717) is 12.1 Å². The number of rotatable bonds is 5. The maximum absolute atomic E-state index is 11.7. The highest BCUT2D eigenvalue weighted by Crippen LogP contribution is 2.13. The van der Waals surface area contributed by atoms with Crippen molar-refractivity contribution < 1.29 is 4.79 Å². The molecule has 0 fully saturated rings. The fourth-order valence-electron chi connectivity index (χ4n) is 1.30. The van der Waals surface area contributed by atoms with Crippen molar-refractivity contribution in [2.75, 3.05) is 25.0 Å². The van der Waals surface area contributed by atoms with Crippen LogP contribution in [0.1, 0.15) is 5.56 Å². The van der Waals surface area contributed by atoms with E-state index in [4.69, 9.17) is 5.26 Å². The Morgan fingerprint density at radius 2 is 2.18 bits per heavy atom. The molecule has 1 aromatic carbocycles. The molecular weight excluding hydrogens is 214 g/mol. The van der Waals surface area contributed by atoms with Crippen molar-refractivity contribution in [2.24, 2.45) is 0 Å². The van der Waals surface area contributed by atoms with Crippen LogP contribution in [0.3, 0.4) is 0 Å². The maximum Gasteiger partial charge on any atom is 0.240 e. The minimum atomic E-state index is -0.0310. The lowest BCUT2D eigenvalue weighted by Crippen LogP contribution is -2.35. The van der Waals surface area contributed by atoms with Gasteiger partial charge < -0.3 is 10.2 Å². The zero-order valence-corrected chi connectivity index (χ0v) is 9.81. The van der Waals surface area contributed by atoms with E-state index in [-0.39, 0.29) is 12.5 Å². The summed E-state index contributed by atoms with van der Waals surface area (Å²) in [6, 6.07) is 8.93. The van der Waals surface area contributed by atoms with Crippen LogP contribution in [-0.2, 0) is 4.79 Å². The van der Waals surface area contributed by atoms with Crippen LogP contribution < -0.4 is 10.2 Å². The predicted octanol–water partition coefficient (Wildman–Crippen LogP) is 1.30. The minimum absolute atomic E-state index is 0.0310. The number of hydrogen-bond donors (Lipinski definition) is 1. The lowest BCUT2D eigenvalue weighted by molar-refractivity contribution is -0.117. The molecule has 0 heterocycles. The summed E-state index contributed by atoms with van der Waals surface area (Å²) in [7, 11) is 1.71. The summed E-state index contributed by atoms with van der Waals surface area (Å²) < 4.78 is 0. The van der Waals surface area contributed by atoms with Crippen molar-refractivity contribution >= 4 is 11.6 Å². The van der Waals surface area contributed by atoms with Crippen molar-refractivity contribution in [1.29, 1.82) is 5.26 Å². The zero-order valence-electron chi connectivity index (χ0n) is 9.81. The number of carbonyl (C=O) groups is 1. The fourth-order valence-corrected chi connectivity index (χ4v) is 1.30. The van der Waals surface area contributed by atoms with E-state index >= 15 is 0 Å². The normalized spacial score (nSPS) is 9.41. The van der Waals surface area contributed by atoms with Gasteiger partial charge >= 0.3 is 0 Å². The summed E-state index contributed by atoms with van der Waals surface area (Å²) in [6.07, 6.45) is 1.70. The van der Waals surface area contributed by atoms with E-state index in [1.54, 1.807) is 42.3 Å². The molecule has 1 aromatic rings. The third kappa shape index (κ3) is 3.74. The second-order valence-electron chi connectivity index (χ2n) is 3.53. The van der Waals surface area contributed by atoms with Crippen LogP contribution in [0.25, 0.3) is 0 Å². The molecule has 0 aliphatic heterocycles. The average Bonchev–Trinajstić information content (AvgIpc) is 2.38. The Kier molecular flexibility index (Phi) is 4.92. The van der Waals surface area contributed by atoms with E-state index in [2.05, 4.69) is 11.9 Å². The Morgan fingerprint density at radius 1 is 1.53 bits per heavy atom. The van der Waals surface area contributed by atoms with Gasteiger partial charge in [0.2, 0.25) is 5.91 Å². The van der Waals surface area contributed by atoms with Gasteiger partial charge in [0.15, 0.2) is 0 Å². The highest BCUT2D eigenvalue weighted by molar-refractivity contribution is 5.94. The number of carbonyl (C=O) groups excluding carboxylic acids is 1. The van der Waals surface area contributed by atoms with Crippen LogP contribution in [0, 0.1) is 11.3 Å². The first-order valence-electron chi connectivity index (χ1n) is 5.27. The third-order valence-electron chi connectivity index (χ3n) is 2.32. The van der Waals surface area contributed by atoms with Gasteiger partial charge in [0.05, 0.1) is 18.2 Å². The Hall–Kier alpha value is -2.12. The molecule has 0 saturated carbocycles. The van der Waals surface area contributed by atoms with Crippen LogP contribution in [-0.4, -0.2) is 26.0 Å². The summed E-state index contributed by atoms with van der Waals surface area (Å²) in [5.41, 5.74) is 1.36. The highest BCUT2D eigenvalue weighted by atomic mass is 16.2. The molecular formula is C13H15N3O. The van der Waals surface area contributed by atoms with Crippen molar-refractivity contribution in [3.05, 3.63) is 42.5 Å². The van der Waals surface area contributed by atoms with E-state index in [9.17, 15) is 4.79 Å². The zero-order chi connectivity index (χ0) is 12.7. The highest BCUT2D eigenvalue weighted by Gasteiger charge is 2.09. The predicted molar refractivity (Wildman–Crippen MR) is 67.6 cm³/mol. The molecule has 17 heavy (non-hydrogen) atoms. The Labute approximate surface area is 101 Å². The van der Waals surface area contributed by atoms with Gasteiger partial charge in [-0.3, -0.25) is 4.79 Å². The molecule has 0 spiro atoms. The van der Waals surface area contributed by atoms with Crippen LogP contribution >= 0.6 is 0 Å². The quantitative estimate of drug-likeness (QED) is 0.611. The molecule has 0 bridgehead atoms. The minimum Gasteiger partial charge on any atom is -0.314 e. The summed E-state index contributed by atoms with van der Waals surface area (Å²) >= 11 is 0. The first kappa shape index (κ1) is 12.9. The molecule has 0 aromatic heterocycles. The fraction of sp³-hybridized carbons (Fsp3) is 0.231. The number of benzene rings is 1. The molecule has 4 heteroatoms. The van der Waals surface area contributed by atoms with Gasteiger partial charge in [0.1, 0.15) is 0 Å². The van der Waals surface area contributed by atoms with E-state index in [0.717, 1.165) is 5.69 Å². The third-order valence-corrected chi connectivity index (χ3v) is 2.32. The SMILES string of the molecule is C=CCNCC(=O)N(C)c1ccc(C#N)cc1. The summed E-state index contributed by atoms with van der Waals surface area (Å²) in [4.78, 5) is 13.3. The Morgan fingerprint density at radius 3 is 2.71 bits per heavy atom. The van der Waals surface area contributed by atoms with E-state index in [1.165, 1.54) is 0 Å². The molecule has 1 rings (SSSR count). The second kappa shape index (κ2) is 6.46. The number of amides is 1. The molecule has 88 valence electrons. The topological polar surface area (TPSA) is 56.1 Å². The van der Waals surface area contributed by atoms with Crippen molar-refractivity contribution in [1.82, 2.24) is 5.32 Å². The lowest BCUT2D eigenvalue weighted by atomic mass is 10.2. The van der Waals surface area contributed by atoms with Crippen LogP contribution in [0.2, 0.25) is 0 Å². The van der Waals surface area contributed by atoms with E-state index < -0.39 is 0 Å². The number of anilines is 1. The monoisotopic (exact) mass is 229 g/mol. The molecule has 0 aliphatic carbocycles. The molecule has 1 N–H and O–H groups in total. The summed E-state index contributed by atoms with van der Waals surface area (Å²) in [5, 5.41) is 11.6. The van der Waals surface area contributed by atoms with Crippen LogP contribution in [0.15, 0.2) is 36.9 Å². The smallest absolute Gasteiger partial charge is 0.240 e. The Balaban J connectivity index is 2.62. The van der Waals surface area contributed by atoms with Gasteiger partial charge in [0, 0.05) is 19.3 Å². The first-order chi connectivity index (χ1) is 8.19. The van der Waals surface area contributed by atoms with Crippen LogP contribution in [0.5, 0.6) is 0 Å². The van der Waals surface area contributed by atoms with Gasteiger partial charge in [-0.1, -0.05) is 6.08 Å². The number of nitriles is 1. The first-order valence-corrected chi connectivity index (χ1v) is 5.27. The van der Waals surface area contributed by atoms with E-state index in [1.807, 2.05) is 6.07 Å². The molecule has 0 saturated heterocycles.